The van der Waals surface area contributed by atoms with Crippen LogP contribution in [0.4, 0.5) is 4.39 Å². The van der Waals surface area contributed by atoms with Crippen LogP contribution < -0.4 is 5.32 Å². The fourth-order valence-corrected chi connectivity index (χ4v) is 8.73. The second-order valence-electron chi connectivity index (χ2n) is 13.2. The summed E-state index contributed by atoms with van der Waals surface area (Å²) in [5.74, 6) is -6.28. The number of hydrogen-bond donors (Lipinski definition) is 3. The minimum atomic E-state index is -2.11. The Morgan fingerprint density at radius 1 is 1.19 bits per heavy atom. The third-order valence-electron chi connectivity index (χ3n) is 10.5. The monoisotopic (exact) mass is 591 g/mol. The summed E-state index contributed by atoms with van der Waals surface area (Å²) in [4.78, 5) is 61.4. The van der Waals surface area contributed by atoms with E-state index in [1.54, 1.807) is 33.8 Å². The second-order valence-corrected chi connectivity index (χ2v) is 13.2. The Morgan fingerprint density at radius 2 is 1.88 bits per heavy atom. The third kappa shape index (κ3) is 4.20. The number of halogens is 1. The van der Waals surface area contributed by atoms with Crippen molar-refractivity contribution in [1.82, 2.24) is 5.32 Å². The number of ether oxygens (including phenoxy) is 3. The number of aliphatic hydroxyl groups excluding tert-OH is 1. The number of aliphatic carboxylic acids is 1. The maximum absolute atomic E-state index is 17.5. The van der Waals surface area contributed by atoms with Crippen LogP contribution in [0.5, 0.6) is 0 Å². The third-order valence-corrected chi connectivity index (χ3v) is 10.5. The van der Waals surface area contributed by atoms with Crippen molar-refractivity contribution in [2.75, 3.05) is 6.61 Å². The van der Waals surface area contributed by atoms with Crippen molar-refractivity contribution in [3.63, 3.8) is 0 Å². The number of Topliss-reactive ketones (excluding diaryl/α,β-unsaturated/α-hetero) is 1. The minimum absolute atomic E-state index is 0.144. The standard InChI is InChI=1S/C30H38FNO10/c1-15(33)32-20(25(38)39)12-24(37)40-14-22(36)30-23(41-26(2,3)42-30)11-19-18-7-6-16-10-17(34)8-9-27(16,4)29(18,31)21(35)13-28(19,30)5/h8-10,18-21,23,35H,6-7,11-14H2,1-5H3,(H,32,33)(H,38,39)/t18-,19-,20?,21-,23+,27-,28-,29?,30+/m0/s1. The number of hydrogen-bond acceptors (Lipinski definition) is 9. The van der Waals surface area contributed by atoms with E-state index < -0.39 is 94.6 Å². The van der Waals surface area contributed by atoms with Crippen LogP contribution in [0.2, 0.25) is 0 Å². The fraction of sp³-hybridized carbons (Fsp3) is 0.700. The summed E-state index contributed by atoms with van der Waals surface area (Å²) >= 11 is 0. The van der Waals surface area contributed by atoms with Crippen molar-refractivity contribution >= 4 is 29.4 Å². The SMILES string of the molecule is CC(=O)NC(CC(=O)OCC(=O)[C@@]12OC(C)(C)O[C@@H]1C[C@H]1[C@@H]3CCC4=CC(=O)C=C[C@]4(C)C3(F)[C@@H](O)C[C@@]12C)C(=O)O. The van der Waals surface area contributed by atoms with Gasteiger partial charge >= 0.3 is 11.9 Å². The Morgan fingerprint density at radius 3 is 2.52 bits per heavy atom. The Hall–Kier alpha value is -2.96. The van der Waals surface area contributed by atoms with Crippen molar-refractivity contribution in [3.05, 3.63) is 23.8 Å². The molecule has 9 atom stereocenters. The summed E-state index contributed by atoms with van der Waals surface area (Å²) in [6.07, 6.45) is 2.26. The van der Waals surface area contributed by atoms with Gasteiger partial charge in [0, 0.05) is 23.7 Å². The van der Waals surface area contributed by atoms with E-state index in [0.717, 1.165) is 6.92 Å². The number of nitrogens with one attached hydrogen (secondary N) is 1. The topological polar surface area (TPSA) is 166 Å². The molecule has 0 aromatic carbocycles. The normalized spacial score (nSPS) is 41.9. The summed E-state index contributed by atoms with van der Waals surface area (Å²) in [7, 11) is 0. The van der Waals surface area contributed by atoms with E-state index >= 15 is 4.39 Å². The zero-order chi connectivity index (χ0) is 31.0. The molecule has 4 fully saturated rings. The number of carboxylic acid groups (broad SMARTS) is 1. The Labute approximate surface area is 242 Å². The second kappa shape index (κ2) is 9.78. The highest BCUT2D eigenvalue weighted by atomic mass is 19.1. The minimum Gasteiger partial charge on any atom is -0.480 e. The lowest BCUT2D eigenvalue weighted by Crippen LogP contribution is -2.70. The maximum Gasteiger partial charge on any atom is 0.326 e. The van der Waals surface area contributed by atoms with Crippen LogP contribution in [0.25, 0.3) is 0 Å². The first kappa shape index (κ1) is 30.5. The van der Waals surface area contributed by atoms with Crippen molar-refractivity contribution < 1.29 is 52.8 Å². The van der Waals surface area contributed by atoms with Gasteiger partial charge in [0.1, 0.15) is 6.04 Å². The molecule has 0 bridgehead atoms. The number of fused-ring (bicyclic) bond motifs is 7. The largest absolute Gasteiger partial charge is 0.480 e. The van der Waals surface area contributed by atoms with Gasteiger partial charge in [-0.15, -0.1) is 0 Å². The summed E-state index contributed by atoms with van der Waals surface area (Å²) in [6, 6.07) is -1.53. The van der Waals surface area contributed by atoms with Gasteiger partial charge < -0.3 is 29.7 Å². The highest BCUT2D eigenvalue weighted by Gasteiger charge is 2.80. The quantitative estimate of drug-likeness (QED) is 0.373. The molecule has 1 amide bonds. The van der Waals surface area contributed by atoms with E-state index in [9.17, 15) is 34.2 Å². The molecule has 0 spiro atoms. The molecule has 0 radical (unpaired) electrons. The van der Waals surface area contributed by atoms with Crippen molar-refractivity contribution in [2.24, 2.45) is 22.7 Å². The Balaban J connectivity index is 1.44. The van der Waals surface area contributed by atoms with Gasteiger partial charge in [-0.1, -0.05) is 18.6 Å². The number of aliphatic hydroxyl groups is 1. The predicted octanol–water partition coefficient (Wildman–Crippen LogP) is 1.95. The summed E-state index contributed by atoms with van der Waals surface area (Å²) in [5, 5.41) is 23.1. The molecule has 3 N–H and O–H groups in total. The lowest BCUT2D eigenvalue weighted by molar-refractivity contribution is -0.246. The lowest BCUT2D eigenvalue weighted by Gasteiger charge is -2.62. The summed E-state index contributed by atoms with van der Waals surface area (Å²) in [5.41, 5.74) is -5.47. The molecule has 5 rings (SSSR count). The molecule has 42 heavy (non-hydrogen) atoms. The molecule has 1 aliphatic heterocycles. The van der Waals surface area contributed by atoms with Gasteiger partial charge in [-0.2, -0.15) is 0 Å². The van der Waals surface area contributed by atoms with Crippen LogP contribution in [0.3, 0.4) is 0 Å². The molecule has 0 aromatic heterocycles. The average Bonchev–Trinajstić information content (AvgIpc) is 3.29. The number of esters is 1. The number of carbonyl (C=O) groups is 5. The number of carboxylic acids is 1. The molecule has 0 aromatic rings. The molecule has 2 unspecified atom stereocenters. The van der Waals surface area contributed by atoms with Gasteiger partial charge in [0.2, 0.25) is 11.7 Å². The van der Waals surface area contributed by atoms with Crippen LogP contribution in [0, 0.1) is 22.7 Å². The van der Waals surface area contributed by atoms with Gasteiger partial charge in [0.15, 0.2) is 29.4 Å². The van der Waals surface area contributed by atoms with E-state index in [0.29, 0.717) is 18.4 Å². The molecule has 1 heterocycles. The molecule has 230 valence electrons. The number of alkyl halides is 1. The number of allylic oxidation sites excluding steroid dienone is 4. The molecule has 1 saturated heterocycles. The summed E-state index contributed by atoms with van der Waals surface area (Å²) < 4.78 is 35.3. The van der Waals surface area contributed by atoms with Gasteiger partial charge in [-0.05, 0) is 64.5 Å². The van der Waals surface area contributed by atoms with Gasteiger partial charge in [-0.25, -0.2) is 9.18 Å². The van der Waals surface area contributed by atoms with Crippen LogP contribution in [0.15, 0.2) is 23.8 Å². The van der Waals surface area contributed by atoms with Crippen molar-refractivity contribution in [1.29, 1.82) is 0 Å². The highest BCUT2D eigenvalue weighted by Crippen LogP contribution is 2.72. The van der Waals surface area contributed by atoms with E-state index in [4.69, 9.17) is 14.2 Å². The number of amides is 1. The van der Waals surface area contributed by atoms with Crippen LogP contribution >= 0.6 is 0 Å². The fourth-order valence-electron chi connectivity index (χ4n) is 8.73. The zero-order valence-corrected chi connectivity index (χ0v) is 24.4. The first-order chi connectivity index (χ1) is 19.4. The predicted molar refractivity (Wildman–Crippen MR) is 142 cm³/mol. The first-order valence-electron chi connectivity index (χ1n) is 14.3. The maximum atomic E-state index is 17.5. The summed E-state index contributed by atoms with van der Waals surface area (Å²) in [6.45, 7) is 7.14. The molecular weight excluding hydrogens is 553 g/mol. The average molecular weight is 592 g/mol. The zero-order valence-electron chi connectivity index (χ0n) is 24.4. The van der Waals surface area contributed by atoms with E-state index in [1.807, 2.05) is 0 Å². The Bertz CT molecular complexity index is 1310. The molecule has 11 nitrogen and oxygen atoms in total. The molecule has 4 aliphatic carbocycles. The highest BCUT2D eigenvalue weighted by molar-refractivity contribution is 6.01. The van der Waals surface area contributed by atoms with Gasteiger partial charge in [0.05, 0.1) is 18.6 Å². The molecular formula is C30H38FNO10. The lowest BCUT2D eigenvalue weighted by atomic mass is 9.44. The van der Waals surface area contributed by atoms with Crippen LogP contribution in [-0.2, 0) is 38.2 Å². The van der Waals surface area contributed by atoms with Gasteiger partial charge in [-0.3, -0.25) is 19.2 Å². The molecule has 3 saturated carbocycles. The van der Waals surface area contributed by atoms with Crippen molar-refractivity contribution in [3.8, 4) is 0 Å². The van der Waals surface area contributed by atoms with Gasteiger partial charge in [0.25, 0.3) is 0 Å². The van der Waals surface area contributed by atoms with E-state index in [1.165, 1.54) is 12.2 Å². The smallest absolute Gasteiger partial charge is 0.326 e. The first-order valence-corrected chi connectivity index (χ1v) is 14.3. The number of ketones is 2. The number of rotatable bonds is 7. The number of carbonyl (C=O) groups excluding carboxylic acids is 4. The Kier molecular flexibility index (Phi) is 7.10. The van der Waals surface area contributed by atoms with Crippen molar-refractivity contribution in [2.45, 2.75) is 102 Å². The van der Waals surface area contributed by atoms with Crippen LogP contribution in [-0.4, -0.2) is 81.5 Å². The molecule has 12 heteroatoms. The van der Waals surface area contributed by atoms with E-state index in [-0.39, 0.29) is 18.6 Å². The molecule has 5 aliphatic rings. The van der Waals surface area contributed by atoms with E-state index in [2.05, 4.69) is 5.32 Å². The van der Waals surface area contributed by atoms with Crippen LogP contribution in [0.1, 0.15) is 66.7 Å².